The number of hydrogen-bond donors (Lipinski definition) is 1. The van der Waals surface area contributed by atoms with Crippen LogP contribution in [0.5, 0.6) is 0 Å². The second-order valence-corrected chi connectivity index (χ2v) is 12.4. The predicted octanol–water partition coefficient (Wildman–Crippen LogP) is 4.29. The Morgan fingerprint density at radius 1 is 0.975 bits per heavy atom. The summed E-state index contributed by atoms with van der Waals surface area (Å²) in [6.07, 6.45) is 1.11. The summed E-state index contributed by atoms with van der Waals surface area (Å²) in [5.41, 5.74) is 1.20. The van der Waals surface area contributed by atoms with Gasteiger partial charge in [0.2, 0.25) is 21.8 Å². The Morgan fingerprint density at radius 2 is 1.62 bits per heavy atom. The standard InChI is InChI=1S/C28H31BrN4O6S/c1-20(2)30-28(35)26(16-21-8-5-4-6-9-21)31(18-22-12-14-23(29)15-13-22)27(34)19-32(40(3,38)39)24-10-7-11-25(17-24)33(36)37/h4-15,17,20,26H,16,18-19H2,1-3H3,(H,30,35)/t26-/m1/s1. The van der Waals surface area contributed by atoms with E-state index < -0.39 is 33.4 Å². The molecule has 0 unspecified atom stereocenters. The van der Waals surface area contributed by atoms with E-state index in [1.165, 1.54) is 23.1 Å². The maximum absolute atomic E-state index is 14.0. The number of anilines is 1. The minimum atomic E-state index is -4.03. The van der Waals surface area contributed by atoms with Gasteiger partial charge in [0.05, 0.1) is 16.9 Å². The number of non-ortho nitro benzene ring substituents is 1. The van der Waals surface area contributed by atoms with Crippen molar-refractivity contribution < 1.29 is 22.9 Å². The van der Waals surface area contributed by atoms with Gasteiger partial charge >= 0.3 is 0 Å². The zero-order valence-corrected chi connectivity index (χ0v) is 24.8. The first-order valence-corrected chi connectivity index (χ1v) is 15.1. The summed E-state index contributed by atoms with van der Waals surface area (Å²) >= 11 is 3.39. The number of rotatable bonds is 12. The maximum Gasteiger partial charge on any atom is 0.271 e. The van der Waals surface area contributed by atoms with E-state index in [0.29, 0.717) is 0 Å². The van der Waals surface area contributed by atoms with Crippen LogP contribution in [0.3, 0.4) is 0 Å². The number of carbonyl (C=O) groups excluding carboxylic acids is 2. The third-order valence-electron chi connectivity index (χ3n) is 5.98. The Labute approximate surface area is 242 Å². The number of hydrogen-bond acceptors (Lipinski definition) is 6. The zero-order valence-electron chi connectivity index (χ0n) is 22.4. The van der Waals surface area contributed by atoms with Gasteiger partial charge in [-0.15, -0.1) is 0 Å². The normalized spacial score (nSPS) is 12.0. The van der Waals surface area contributed by atoms with E-state index in [-0.39, 0.29) is 36.3 Å². The molecule has 12 heteroatoms. The first kappa shape index (κ1) is 30.8. The quantitative estimate of drug-likeness (QED) is 0.235. The molecular formula is C28H31BrN4O6S. The largest absolute Gasteiger partial charge is 0.352 e. The molecule has 0 aliphatic rings. The molecule has 3 rings (SSSR count). The van der Waals surface area contributed by atoms with Gasteiger partial charge < -0.3 is 10.2 Å². The molecule has 0 radical (unpaired) electrons. The number of carbonyl (C=O) groups is 2. The number of benzene rings is 3. The van der Waals surface area contributed by atoms with Crippen LogP contribution in [-0.2, 0) is 32.6 Å². The summed E-state index contributed by atoms with van der Waals surface area (Å²) in [4.78, 5) is 39.5. The Hall–Kier alpha value is -3.77. The molecule has 2 amide bonds. The molecule has 10 nitrogen and oxygen atoms in total. The summed E-state index contributed by atoms with van der Waals surface area (Å²) in [7, 11) is -4.03. The molecule has 0 saturated carbocycles. The van der Waals surface area contributed by atoms with Crippen molar-refractivity contribution in [1.29, 1.82) is 0 Å². The van der Waals surface area contributed by atoms with Gasteiger partial charge in [0.15, 0.2) is 0 Å². The molecule has 0 saturated heterocycles. The van der Waals surface area contributed by atoms with Crippen LogP contribution >= 0.6 is 15.9 Å². The summed E-state index contributed by atoms with van der Waals surface area (Å²) in [6.45, 7) is 3.00. The average Bonchev–Trinajstić information content (AvgIpc) is 2.89. The predicted molar refractivity (Wildman–Crippen MR) is 157 cm³/mol. The highest BCUT2D eigenvalue weighted by Crippen LogP contribution is 2.24. The molecule has 0 bridgehead atoms. The van der Waals surface area contributed by atoms with Crippen LogP contribution < -0.4 is 9.62 Å². The first-order chi connectivity index (χ1) is 18.8. The van der Waals surface area contributed by atoms with Crippen LogP contribution in [0.1, 0.15) is 25.0 Å². The number of nitrogens with zero attached hydrogens (tertiary/aromatic N) is 3. The highest BCUT2D eigenvalue weighted by molar-refractivity contribution is 9.10. The highest BCUT2D eigenvalue weighted by Gasteiger charge is 2.33. The monoisotopic (exact) mass is 630 g/mol. The molecular weight excluding hydrogens is 600 g/mol. The fraction of sp³-hybridized carbons (Fsp3) is 0.286. The molecule has 0 heterocycles. The minimum Gasteiger partial charge on any atom is -0.352 e. The third-order valence-corrected chi connectivity index (χ3v) is 7.65. The topological polar surface area (TPSA) is 130 Å². The van der Waals surface area contributed by atoms with Crippen molar-refractivity contribution in [2.45, 2.75) is 38.9 Å². The summed E-state index contributed by atoms with van der Waals surface area (Å²) in [5, 5.41) is 14.2. The van der Waals surface area contributed by atoms with Crippen molar-refractivity contribution in [2.24, 2.45) is 0 Å². The van der Waals surface area contributed by atoms with E-state index >= 15 is 0 Å². The van der Waals surface area contributed by atoms with Crippen LogP contribution in [0.2, 0.25) is 0 Å². The number of halogens is 1. The lowest BCUT2D eigenvalue weighted by molar-refractivity contribution is -0.384. The Kier molecular flexibility index (Phi) is 10.4. The van der Waals surface area contributed by atoms with Gasteiger partial charge in [-0.05, 0) is 43.2 Å². The zero-order chi connectivity index (χ0) is 29.4. The number of amides is 2. The lowest BCUT2D eigenvalue weighted by Crippen LogP contribution is -2.54. The van der Waals surface area contributed by atoms with Gasteiger partial charge in [-0.2, -0.15) is 0 Å². The molecule has 0 spiro atoms. The van der Waals surface area contributed by atoms with Gasteiger partial charge in [-0.25, -0.2) is 8.42 Å². The third kappa shape index (κ3) is 8.62. The number of nitro groups is 1. The summed E-state index contributed by atoms with van der Waals surface area (Å²) in [5.74, 6) is -1.02. The van der Waals surface area contributed by atoms with E-state index in [9.17, 15) is 28.1 Å². The van der Waals surface area contributed by atoms with Crippen molar-refractivity contribution in [3.63, 3.8) is 0 Å². The van der Waals surface area contributed by atoms with Crippen molar-refractivity contribution in [1.82, 2.24) is 10.2 Å². The van der Waals surface area contributed by atoms with Crippen LogP contribution in [0.4, 0.5) is 11.4 Å². The van der Waals surface area contributed by atoms with Gasteiger partial charge in [0.25, 0.3) is 5.69 Å². The fourth-order valence-electron chi connectivity index (χ4n) is 4.10. The van der Waals surface area contributed by atoms with Crippen molar-refractivity contribution in [3.05, 3.63) is 105 Å². The van der Waals surface area contributed by atoms with E-state index in [4.69, 9.17) is 0 Å². The van der Waals surface area contributed by atoms with Gasteiger partial charge in [0.1, 0.15) is 12.6 Å². The molecule has 0 fully saturated rings. The molecule has 3 aromatic carbocycles. The Bertz CT molecular complexity index is 1450. The number of nitro benzene ring substituents is 1. The van der Waals surface area contributed by atoms with Crippen molar-refractivity contribution in [2.75, 3.05) is 17.1 Å². The molecule has 212 valence electrons. The van der Waals surface area contributed by atoms with Crippen LogP contribution in [0.25, 0.3) is 0 Å². The Balaban J connectivity index is 2.07. The molecule has 0 aliphatic carbocycles. The smallest absolute Gasteiger partial charge is 0.271 e. The van der Waals surface area contributed by atoms with E-state index in [1.54, 1.807) is 12.1 Å². The SMILES string of the molecule is CC(C)NC(=O)[C@@H](Cc1ccccc1)N(Cc1ccc(Br)cc1)C(=O)CN(c1cccc([N+](=O)[O-])c1)S(C)(=O)=O. The highest BCUT2D eigenvalue weighted by atomic mass is 79.9. The lowest BCUT2D eigenvalue weighted by Gasteiger charge is -2.34. The molecule has 0 aliphatic heterocycles. The lowest BCUT2D eigenvalue weighted by atomic mass is 10.0. The van der Waals surface area contributed by atoms with E-state index in [2.05, 4.69) is 21.2 Å². The second-order valence-electron chi connectivity index (χ2n) is 9.56. The van der Waals surface area contributed by atoms with E-state index in [1.807, 2.05) is 56.3 Å². The van der Waals surface area contributed by atoms with Gasteiger partial charge in [-0.3, -0.25) is 24.0 Å². The first-order valence-electron chi connectivity index (χ1n) is 12.5. The van der Waals surface area contributed by atoms with Crippen molar-refractivity contribution >= 4 is 49.1 Å². The molecule has 3 aromatic rings. The number of nitrogens with one attached hydrogen (secondary N) is 1. The minimum absolute atomic E-state index is 0.0279. The van der Waals surface area contributed by atoms with Gasteiger partial charge in [-0.1, -0.05) is 64.5 Å². The number of sulfonamides is 1. The van der Waals surface area contributed by atoms with Crippen LogP contribution in [-0.4, -0.2) is 54.9 Å². The second kappa shape index (κ2) is 13.5. The van der Waals surface area contributed by atoms with Crippen LogP contribution in [0, 0.1) is 10.1 Å². The maximum atomic E-state index is 14.0. The molecule has 0 aromatic heterocycles. The van der Waals surface area contributed by atoms with Gasteiger partial charge in [0, 0.05) is 35.6 Å². The van der Waals surface area contributed by atoms with E-state index in [0.717, 1.165) is 32.2 Å². The summed E-state index contributed by atoms with van der Waals surface area (Å²) in [6, 6.07) is 20.3. The average molecular weight is 632 g/mol. The van der Waals surface area contributed by atoms with Crippen LogP contribution in [0.15, 0.2) is 83.3 Å². The molecule has 1 atom stereocenters. The Morgan fingerprint density at radius 3 is 2.20 bits per heavy atom. The molecule has 1 N–H and O–H groups in total. The summed E-state index contributed by atoms with van der Waals surface area (Å²) < 4.78 is 27.3. The van der Waals surface area contributed by atoms with Crippen molar-refractivity contribution in [3.8, 4) is 0 Å². The fourth-order valence-corrected chi connectivity index (χ4v) is 5.20. The molecule has 40 heavy (non-hydrogen) atoms.